The molecule has 86 valence electrons. The second-order valence-electron chi connectivity index (χ2n) is 2.87. The van der Waals surface area contributed by atoms with E-state index in [1.54, 1.807) is 0 Å². The molecule has 0 aromatic rings. The monoisotopic (exact) mass is 240 g/mol. The van der Waals surface area contributed by atoms with Gasteiger partial charge in [0, 0.05) is 11.0 Å². The Morgan fingerprint density at radius 2 is 1.43 bits per heavy atom. The van der Waals surface area contributed by atoms with Crippen molar-refractivity contribution in [1.82, 2.24) is 0 Å². The van der Waals surface area contributed by atoms with Crippen molar-refractivity contribution in [2.45, 2.75) is 12.2 Å². The molecule has 0 aliphatic rings. The summed E-state index contributed by atoms with van der Waals surface area (Å²) in [6.45, 7) is 5.83. The summed E-state index contributed by atoms with van der Waals surface area (Å²) in [7, 11) is 0. The zero-order valence-electron chi connectivity index (χ0n) is 8.65. The third-order valence-corrected chi connectivity index (χ3v) is 1.67. The molecule has 3 nitrogen and oxygen atoms in total. The average molecular weight is 240 g/mol. The Kier molecular flexibility index (Phi) is 12.1. The topological polar surface area (TPSA) is 27.7 Å². The highest BCUT2D eigenvalue weighted by Gasteiger charge is 1.94. The first kappa shape index (κ1) is 14.6. The molecule has 1 unspecified atom stereocenters. The van der Waals surface area contributed by atoms with Crippen LogP contribution in [-0.4, -0.2) is 50.6 Å². The van der Waals surface area contributed by atoms with Gasteiger partial charge in [0.1, 0.15) is 0 Å². The number of hydrogen-bond donors (Lipinski definition) is 2. The van der Waals surface area contributed by atoms with E-state index in [0.717, 1.165) is 5.75 Å². The first-order valence-electron chi connectivity index (χ1n) is 4.79. The van der Waals surface area contributed by atoms with E-state index in [4.69, 9.17) is 14.2 Å². The first-order valence-corrected chi connectivity index (χ1v) is 5.94. The molecular formula is C9H20O3S2. The van der Waals surface area contributed by atoms with Crippen molar-refractivity contribution in [3.05, 3.63) is 0 Å². The maximum atomic E-state index is 5.27. The molecule has 0 fully saturated rings. The van der Waals surface area contributed by atoms with Gasteiger partial charge in [-0.3, -0.25) is 0 Å². The van der Waals surface area contributed by atoms with Gasteiger partial charge in [0.05, 0.1) is 39.6 Å². The molecule has 0 amide bonds. The fourth-order valence-electron chi connectivity index (χ4n) is 0.758. The molecule has 0 aliphatic heterocycles. The smallest absolute Gasteiger partial charge is 0.0701 e. The molecule has 0 aliphatic carbocycles. The second kappa shape index (κ2) is 11.7. The third kappa shape index (κ3) is 12.6. The SMILES string of the molecule is CC(S)COCCOCCOCCS. The largest absolute Gasteiger partial charge is 0.378 e. The van der Waals surface area contributed by atoms with Crippen LogP contribution in [0.15, 0.2) is 0 Å². The van der Waals surface area contributed by atoms with Crippen LogP contribution in [0.5, 0.6) is 0 Å². The highest BCUT2D eigenvalue weighted by atomic mass is 32.1. The van der Waals surface area contributed by atoms with E-state index in [-0.39, 0.29) is 5.25 Å². The Morgan fingerprint density at radius 1 is 0.929 bits per heavy atom. The molecule has 0 saturated heterocycles. The normalized spacial score (nSPS) is 13.1. The predicted octanol–water partition coefficient (Wildman–Crippen LogP) is 1.28. The van der Waals surface area contributed by atoms with Gasteiger partial charge in [-0.1, -0.05) is 6.92 Å². The minimum atomic E-state index is 0.286. The number of hydrogen-bond acceptors (Lipinski definition) is 5. The molecule has 0 rings (SSSR count). The van der Waals surface area contributed by atoms with E-state index >= 15 is 0 Å². The summed E-state index contributed by atoms with van der Waals surface area (Å²) in [5, 5.41) is 0.286. The van der Waals surface area contributed by atoms with Crippen LogP contribution < -0.4 is 0 Å². The molecule has 0 aromatic heterocycles. The summed E-state index contributed by atoms with van der Waals surface area (Å²) in [5.41, 5.74) is 0. The van der Waals surface area contributed by atoms with Gasteiger partial charge >= 0.3 is 0 Å². The maximum absolute atomic E-state index is 5.27. The van der Waals surface area contributed by atoms with Crippen LogP contribution >= 0.6 is 25.3 Å². The van der Waals surface area contributed by atoms with Gasteiger partial charge in [0.2, 0.25) is 0 Å². The molecule has 0 aromatic carbocycles. The zero-order valence-corrected chi connectivity index (χ0v) is 10.4. The van der Waals surface area contributed by atoms with Crippen molar-refractivity contribution in [2.24, 2.45) is 0 Å². The quantitative estimate of drug-likeness (QED) is 0.445. The molecule has 0 bridgehead atoms. The summed E-state index contributed by atoms with van der Waals surface area (Å²) in [4.78, 5) is 0. The summed E-state index contributed by atoms with van der Waals surface area (Å²) in [6.07, 6.45) is 0. The van der Waals surface area contributed by atoms with Crippen LogP contribution in [0.2, 0.25) is 0 Å². The van der Waals surface area contributed by atoms with Crippen molar-refractivity contribution in [3.63, 3.8) is 0 Å². The minimum Gasteiger partial charge on any atom is -0.378 e. The van der Waals surface area contributed by atoms with Gasteiger partial charge in [-0.15, -0.1) is 0 Å². The van der Waals surface area contributed by atoms with E-state index in [1.165, 1.54) is 0 Å². The fourth-order valence-corrected chi connectivity index (χ4v) is 0.993. The molecular weight excluding hydrogens is 220 g/mol. The average Bonchev–Trinajstić information content (AvgIpc) is 2.15. The fraction of sp³-hybridized carbons (Fsp3) is 1.00. The van der Waals surface area contributed by atoms with E-state index in [0.29, 0.717) is 39.6 Å². The van der Waals surface area contributed by atoms with Gasteiger partial charge in [-0.25, -0.2) is 0 Å². The Balaban J connectivity index is 2.85. The molecule has 5 heteroatoms. The lowest BCUT2D eigenvalue weighted by Gasteiger charge is -2.07. The van der Waals surface area contributed by atoms with Crippen LogP contribution in [0, 0.1) is 0 Å². The lowest BCUT2D eigenvalue weighted by Crippen LogP contribution is -2.12. The van der Waals surface area contributed by atoms with Crippen LogP contribution in [0.3, 0.4) is 0 Å². The predicted molar refractivity (Wildman–Crippen MR) is 64.8 cm³/mol. The summed E-state index contributed by atoms with van der Waals surface area (Å²) in [5.74, 6) is 0.753. The van der Waals surface area contributed by atoms with Crippen molar-refractivity contribution >= 4 is 25.3 Å². The van der Waals surface area contributed by atoms with Crippen molar-refractivity contribution in [1.29, 1.82) is 0 Å². The third-order valence-electron chi connectivity index (χ3n) is 1.34. The van der Waals surface area contributed by atoms with Crippen molar-refractivity contribution < 1.29 is 14.2 Å². The van der Waals surface area contributed by atoms with E-state index < -0.39 is 0 Å². The minimum absolute atomic E-state index is 0.286. The first-order chi connectivity index (χ1) is 6.77. The number of rotatable bonds is 10. The van der Waals surface area contributed by atoms with Crippen LogP contribution in [-0.2, 0) is 14.2 Å². The number of thiol groups is 2. The molecule has 0 N–H and O–H groups in total. The molecule has 0 radical (unpaired) electrons. The van der Waals surface area contributed by atoms with Gasteiger partial charge in [-0.2, -0.15) is 25.3 Å². The highest BCUT2D eigenvalue weighted by Crippen LogP contribution is 1.92. The summed E-state index contributed by atoms with van der Waals surface area (Å²) >= 11 is 8.20. The second-order valence-corrected chi connectivity index (χ2v) is 4.20. The van der Waals surface area contributed by atoms with Gasteiger partial charge in [0.25, 0.3) is 0 Å². The maximum Gasteiger partial charge on any atom is 0.0701 e. The summed E-state index contributed by atoms with van der Waals surface area (Å²) in [6, 6.07) is 0. The summed E-state index contributed by atoms with van der Waals surface area (Å²) < 4.78 is 15.7. The molecule has 0 spiro atoms. The van der Waals surface area contributed by atoms with Gasteiger partial charge < -0.3 is 14.2 Å². The Labute approximate surface area is 97.3 Å². The van der Waals surface area contributed by atoms with E-state index in [2.05, 4.69) is 25.3 Å². The van der Waals surface area contributed by atoms with Gasteiger partial charge in [0.15, 0.2) is 0 Å². The molecule has 1 atom stereocenters. The van der Waals surface area contributed by atoms with E-state index in [1.807, 2.05) is 6.92 Å². The van der Waals surface area contributed by atoms with Crippen molar-refractivity contribution in [3.8, 4) is 0 Å². The van der Waals surface area contributed by atoms with Crippen molar-refractivity contribution in [2.75, 3.05) is 45.4 Å². The lowest BCUT2D eigenvalue weighted by atomic mass is 10.5. The van der Waals surface area contributed by atoms with E-state index in [9.17, 15) is 0 Å². The Morgan fingerprint density at radius 3 is 1.93 bits per heavy atom. The van der Waals surface area contributed by atoms with Gasteiger partial charge in [-0.05, 0) is 0 Å². The Hall–Kier alpha value is 0.580. The standard InChI is InChI=1S/C9H20O3S2/c1-9(14)8-12-5-4-10-2-3-11-6-7-13/h9,13-14H,2-8H2,1H3. The molecule has 0 heterocycles. The lowest BCUT2D eigenvalue weighted by molar-refractivity contribution is 0.0183. The molecule has 14 heavy (non-hydrogen) atoms. The highest BCUT2D eigenvalue weighted by molar-refractivity contribution is 7.81. The molecule has 0 saturated carbocycles. The zero-order chi connectivity index (χ0) is 10.6. The number of ether oxygens (including phenoxy) is 3. The van der Waals surface area contributed by atoms with Crippen LogP contribution in [0.1, 0.15) is 6.92 Å². The Bertz CT molecular complexity index is 112. The van der Waals surface area contributed by atoms with Crippen LogP contribution in [0.4, 0.5) is 0 Å². The van der Waals surface area contributed by atoms with Crippen LogP contribution in [0.25, 0.3) is 0 Å².